The lowest BCUT2D eigenvalue weighted by Crippen LogP contribution is -2.46. The second-order valence-electron chi connectivity index (χ2n) is 16.6. The molecule has 1 amide bonds. The van der Waals surface area contributed by atoms with Crippen molar-refractivity contribution in [2.75, 3.05) is 13.2 Å². The molecular formula is C42H50N8O6. The summed E-state index contributed by atoms with van der Waals surface area (Å²) in [6, 6.07) is 14.3. The first kappa shape index (κ1) is 37.7. The zero-order chi connectivity index (χ0) is 39.2. The Morgan fingerprint density at radius 1 is 1.05 bits per heavy atom. The van der Waals surface area contributed by atoms with Crippen molar-refractivity contribution in [3.8, 4) is 17.0 Å². The van der Waals surface area contributed by atoms with E-state index in [0.717, 1.165) is 59.4 Å². The molecule has 5 aromatic rings. The number of H-pyrrole nitrogens is 1. The van der Waals surface area contributed by atoms with Crippen molar-refractivity contribution in [1.29, 1.82) is 0 Å². The SMILES string of the molecule is Cc1cn([C@H]2C[C@H](n3cc(CNC(=O)CCCCCOc4ccc5c(c4)-c4nc6ccccc6nc4[C@@H]4C(C)(C)CCC[C@]54C)nn3)[C@@H](CO)O2)c(=O)[nH]c1=O. The summed E-state index contributed by atoms with van der Waals surface area (Å²) < 4.78 is 15.1. The lowest BCUT2D eigenvalue weighted by atomic mass is 9.50. The molecule has 2 fully saturated rings. The maximum absolute atomic E-state index is 12.7. The van der Waals surface area contributed by atoms with Gasteiger partial charge in [0.15, 0.2) is 0 Å². The van der Waals surface area contributed by atoms with Crippen LogP contribution in [-0.4, -0.2) is 64.8 Å². The summed E-state index contributed by atoms with van der Waals surface area (Å²) in [4.78, 5) is 49.7. The standard InChI is InChI=1S/C42H50N8O6/c1-25-22-49(40(54)46-39(25)53)35-20-32(33(24-51)56-35)50-23-26(47-48-50)21-43-34(52)13-6-5-9-18-55-27-14-15-29-28(19-27)36-37(45-31-12-8-7-11-30(31)44-36)38-41(2,3)16-10-17-42(29,38)4/h7-8,11-12,14-15,19,22-23,32-33,35,38,51H,5-6,9-10,13,16-18,20-21,24H2,1-4H3,(H,43,52)(H,46,53,54)/t32-,33+,35+,38+,42+/m0/s1. The van der Waals surface area contributed by atoms with Crippen LogP contribution in [0.25, 0.3) is 22.3 Å². The Labute approximate surface area is 324 Å². The molecule has 1 aliphatic heterocycles. The van der Waals surface area contributed by atoms with Crippen LogP contribution in [-0.2, 0) is 21.5 Å². The van der Waals surface area contributed by atoms with Crippen molar-refractivity contribution in [1.82, 2.24) is 39.8 Å². The molecule has 5 atom stereocenters. The van der Waals surface area contributed by atoms with Gasteiger partial charge in [-0.05, 0) is 74.3 Å². The number of aliphatic hydroxyl groups is 1. The first-order chi connectivity index (χ1) is 26.9. The molecule has 8 rings (SSSR count). The minimum atomic E-state index is -0.690. The fraction of sp³-hybridized carbons (Fsp3) is 0.500. The molecule has 3 aliphatic rings. The van der Waals surface area contributed by atoms with Gasteiger partial charge in [0.1, 0.15) is 23.8 Å². The lowest BCUT2D eigenvalue weighted by Gasteiger charge is -2.53. The number of rotatable bonds is 12. The van der Waals surface area contributed by atoms with Crippen molar-refractivity contribution in [3.63, 3.8) is 0 Å². The number of amides is 1. The average Bonchev–Trinajstić information content (AvgIpc) is 3.83. The van der Waals surface area contributed by atoms with Gasteiger partial charge in [0, 0.05) is 41.5 Å². The highest BCUT2D eigenvalue weighted by Gasteiger charge is 2.53. The van der Waals surface area contributed by atoms with Gasteiger partial charge in [-0.15, -0.1) is 5.10 Å². The van der Waals surface area contributed by atoms with Crippen LogP contribution in [0.5, 0.6) is 5.75 Å². The molecule has 56 heavy (non-hydrogen) atoms. The number of benzene rings is 2. The van der Waals surface area contributed by atoms with E-state index in [0.29, 0.717) is 30.7 Å². The van der Waals surface area contributed by atoms with E-state index in [1.807, 2.05) is 18.2 Å². The minimum Gasteiger partial charge on any atom is -0.494 e. The average molecular weight is 763 g/mol. The number of carbonyl (C=O) groups excluding carboxylic acids is 1. The van der Waals surface area contributed by atoms with Crippen molar-refractivity contribution in [3.05, 3.63) is 98.2 Å². The molecule has 0 bridgehead atoms. The highest BCUT2D eigenvalue weighted by atomic mass is 16.5. The number of hydrogen-bond acceptors (Lipinski definition) is 10. The minimum absolute atomic E-state index is 0.0381. The van der Waals surface area contributed by atoms with Crippen molar-refractivity contribution >= 4 is 16.9 Å². The summed E-state index contributed by atoms with van der Waals surface area (Å²) in [6.07, 6.45) is 8.39. The summed E-state index contributed by atoms with van der Waals surface area (Å²) in [5, 5.41) is 21.3. The van der Waals surface area contributed by atoms with Crippen LogP contribution in [0, 0.1) is 12.3 Å². The van der Waals surface area contributed by atoms with Gasteiger partial charge in [-0.1, -0.05) is 50.6 Å². The summed E-state index contributed by atoms with van der Waals surface area (Å²) in [5.41, 5.74) is 6.34. The lowest BCUT2D eigenvalue weighted by molar-refractivity contribution is -0.121. The predicted molar refractivity (Wildman–Crippen MR) is 209 cm³/mol. The van der Waals surface area contributed by atoms with Crippen molar-refractivity contribution in [2.24, 2.45) is 5.41 Å². The Morgan fingerprint density at radius 3 is 2.66 bits per heavy atom. The zero-order valence-corrected chi connectivity index (χ0v) is 32.5. The summed E-state index contributed by atoms with van der Waals surface area (Å²) >= 11 is 0. The maximum Gasteiger partial charge on any atom is 0.330 e. The fourth-order valence-corrected chi connectivity index (χ4v) is 9.46. The number of ether oxygens (including phenoxy) is 2. The van der Waals surface area contributed by atoms with Crippen LogP contribution < -0.4 is 21.3 Å². The van der Waals surface area contributed by atoms with E-state index in [2.05, 4.69) is 65.6 Å². The van der Waals surface area contributed by atoms with Gasteiger partial charge in [-0.25, -0.2) is 19.4 Å². The first-order valence-corrected chi connectivity index (χ1v) is 19.8. The molecule has 3 N–H and O–H groups in total. The Hall–Kier alpha value is -5.21. The molecule has 2 aliphatic carbocycles. The van der Waals surface area contributed by atoms with Gasteiger partial charge in [0.05, 0.1) is 54.4 Å². The molecule has 1 saturated carbocycles. The van der Waals surface area contributed by atoms with Gasteiger partial charge in [0.25, 0.3) is 5.56 Å². The van der Waals surface area contributed by atoms with E-state index in [9.17, 15) is 19.5 Å². The molecule has 4 heterocycles. The van der Waals surface area contributed by atoms with E-state index in [-0.39, 0.29) is 35.8 Å². The molecular weight excluding hydrogens is 713 g/mol. The van der Waals surface area contributed by atoms with E-state index in [1.165, 1.54) is 29.2 Å². The third-order valence-corrected chi connectivity index (χ3v) is 12.2. The first-order valence-electron chi connectivity index (χ1n) is 19.8. The Morgan fingerprint density at radius 2 is 1.86 bits per heavy atom. The summed E-state index contributed by atoms with van der Waals surface area (Å²) in [5.74, 6) is 1.01. The third-order valence-electron chi connectivity index (χ3n) is 12.2. The number of para-hydroxylation sites is 2. The third kappa shape index (κ3) is 7.04. The number of nitrogens with zero attached hydrogens (tertiary/aromatic N) is 6. The molecule has 2 aromatic carbocycles. The second kappa shape index (κ2) is 15.0. The number of fused-ring (bicyclic) bond motifs is 7. The van der Waals surface area contributed by atoms with Crippen LogP contribution in [0.1, 0.15) is 113 Å². The summed E-state index contributed by atoms with van der Waals surface area (Å²) in [6.45, 7) is 9.25. The molecule has 3 aromatic heterocycles. The number of aryl methyl sites for hydroxylation is 1. The van der Waals surface area contributed by atoms with Crippen LogP contribution in [0.15, 0.2) is 64.4 Å². The van der Waals surface area contributed by atoms with Crippen LogP contribution in [0.2, 0.25) is 0 Å². The van der Waals surface area contributed by atoms with Crippen LogP contribution >= 0.6 is 0 Å². The Kier molecular flexibility index (Phi) is 10.1. The molecule has 294 valence electrons. The normalized spacial score (nSPS) is 23.7. The largest absolute Gasteiger partial charge is 0.494 e. The van der Waals surface area contributed by atoms with Gasteiger partial charge < -0.3 is 19.9 Å². The predicted octanol–water partition coefficient (Wildman–Crippen LogP) is 5.39. The number of aromatic nitrogens is 7. The van der Waals surface area contributed by atoms with Crippen LogP contribution in [0.4, 0.5) is 0 Å². The maximum atomic E-state index is 12.7. The highest BCUT2D eigenvalue weighted by Crippen LogP contribution is 2.62. The van der Waals surface area contributed by atoms with Crippen molar-refractivity contribution < 1.29 is 19.4 Å². The monoisotopic (exact) mass is 762 g/mol. The molecule has 1 saturated heterocycles. The van der Waals surface area contributed by atoms with E-state index >= 15 is 0 Å². The topological polar surface area (TPSA) is 179 Å². The van der Waals surface area contributed by atoms with E-state index in [4.69, 9.17) is 19.4 Å². The quantitative estimate of drug-likeness (QED) is 0.140. The number of unbranched alkanes of at least 4 members (excludes halogenated alkanes) is 2. The van der Waals surface area contributed by atoms with Gasteiger partial charge >= 0.3 is 5.69 Å². The molecule has 0 radical (unpaired) electrons. The molecule has 0 spiro atoms. The van der Waals surface area contributed by atoms with Crippen LogP contribution in [0.3, 0.4) is 0 Å². The van der Waals surface area contributed by atoms with Gasteiger partial charge in [-0.2, -0.15) is 0 Å². The van der Waals surface area contributed by atoms with Crippen molar-refractivity contribution in [2.45, 2.75) is 115 Å². The number of aromatic amines is 1. The molecule has 14 nitrogen and oxygen atoms in total. The smallest absolute Gasteiger partial charge is 0.330 e. The number of carbonyl (C=O) groups is 1. The van der Waals surface area contributed by atoms with Gasteiger partial charge in [0.2, 0.25) is 5.91 Å². The number of aliphatic hydroxyl groups excluding tert-OH is 1. The second-order valence-corrected chi connectivity index (χ2v) is 16.6. The zero-order valence-electron chi connectivity index (χ0n) is 32.5. The molecule has 14 heteroatoms. The molecule has 0 unspecified atom stereocenters. The highest BCUT2D eigenvalue weighted by molar-refractivity contribution is 5.82. The fourth-order valence-electron chi connectivity index (χ4n) is 9.46. The van der Waals surface area contributed by atoms with Gasteiger partial charge in [-0.3, -0.25) is 19.1 Å². The Balaban J connectivity index is 0.828. The van der Waals surface area contributed by atoms with E-state index < -0.39 is 29.6 Å². The number of nitrogens with one attached hydrogen (secondary N) is 2. The summed E-state index contributed by atoms with van der Waals surface area (Å²) in [7, 11) is 0. The number of hydrogen-bond donors (Lipinski definition) is 3. The van der Waals surface area contributed by atoms with E-state index in [1.54, 1.807) is 17.8 Å². The Bertz CT molecular complexity index is 2380.